The van der Waals surface area contributed by atoms with Gasteiger partial charge in [0.05, 0.1) is 11.9 Å². The molecule has 0 heterocycles. The molecule has 0 unspecified atom stereocenters. The Labute approximate surface area is 166 Å². The quantitative estimate of drug-likeness (QED) is 0.774. The number of nitrogens with one attached hydrogen (secondary N) is 1. The molecule has 27 heavy (non-hydrogen) atoms. The Balaban J connectivity index is 2.44. The van der Waals surface area contributed by atoms with E-state index in [9.17, 15) is 13.2 Å². The Morgan fingerprint density at radius 3 is 2.44 bits per heavy atom. The highest BCUT2D eigenvalue weighted by atomic mass is 35.5. The Morgan fingerprint density at radius 2 is 1.85 bits per heavy atom. The molecule has 0 aromatic heterocycles. The summed E-state index contributed by atoms with van der Waals surface area (Å²) in [6, 6.07) is 9.83. The van der Waals surface area contributed by atoms with E-state index in [1.54, 1.807) is 32.0 Å². The van der Waals surface area contributed by atoms with Gasteiger partial charge in [-0.1, -0.05) is 42.8 Å². The molecule has 0 saturated carbocycles. The molecule has 2 rings (SSSR count). The molecule has 2 aromatic rings. The fourth-order valence-electron chi connectivity index (χ4n) is 3.03. The second-order valence-electron chi connectivity index (χ2n) is 6.62. The number of halogens is 1. The van der Waals surface area contributed by atoms with Crippen LogP contribution in [0.15, 0.2) is 36.4 Å². The zero-order valence-corrected chi connectivity index (χ0v) is 17.8. The lowest BCUT2D eigenvalue weighted by atomic mass is 10.1. The van der Waals surface area contributed by atoms with Crippen LogP contribution in [-0.2, 0) is 21.2 Å². The van der Waals surface area contributed by atoms with Crippen LogP contribution < -0.4 is 9.62 Å². The number of carbonyl (C=O) groups excluding carboxylic acids is 1. The first-order valence-corrected chi connectivity index (χ1v) is 10.9. The highest BCUT2D eigenvalue weighted by Gasteiger charge is 2.30. The second-order valence-corrected chi connectivity index (χ2v) is 8.91. The van der Waals surface area contributed by atoms with E-state index in [0.717, 1.165) is 39.4 Å². The van der Waals surface area contributed by atoms with Crippen LogP contribution >= 0.6 is 11.6 Å². The summed E-state index contributed by atoms with van der Waals surface area (Å²) >= 11 is 6.06. The minimum Gasteiger partial charge on any atom is -0.324 e. The lowest BCUT2D eigenvalue weighted by Crippen LogP contribution is -2.45. The van der Waals surface area contributed by atoms with Gasteiger partial charge >= 0.3 is 0 Å². The van der Waals surface area contributed by atoms with Crippen molar-refractivity contribution < 1.29 is 13.2 Å². The fourth-order valence-corrected chi connectivity index (χ4v) is 4.42. The molecule has 0 fully saturated rings. The highest BCUT2D eigenvalue weighted by Crippen LogP contribution is 2.29. The first kappa shape index (κ1) is 21.3. The summed E-state index contributed by atoms with van der Waals surface area (Å²) in [5, 5.41) is 3.31. The van der Waals surface area contributed by atoms with Crippen molar-refractivity contribution in [3.8, 4) is 0 Å². The van der Waals surface area contributed by atoms with Gasteiger partial charge in [-0.25, -0.2) is 8.42 Å². The van der Waals surface area contributed by atoms with Crippen molar-refractivity contribution in [3.05, 3.63) is 58.1 Å². The van der Waals surface area contributed by atoms with Gasteiger partial charge in [0, 0.05) is 10.7 Å². The molecule has 1 amide bonds. The normalized spacial score (nSPS) is 12.5. The van der Waals surface area contributed by atoms with Crippen LogP contribution in [0.2, 0.25) is 5.02 Å². The summed E-state index contributed by atoms with van der Waals surface area (Å²) in [5.74, 6) is -0.399. The van der Waals surface area contributed by atoms with Crippen molar-refractivity contribution in [2.45, 2.75) is 40.2 Å². The van der Waals surface area contributed by atoms with Crippen LogP contribution in [-0.4, -0.2) is 26.6 Å². The van der Waals surface area contributed by atoms with E-state index in [4.69, 9.17) is 11.6 Å². The van der Waals surface area contributed by atoms with Gasteiger partial charge in [-0.05, 0) is 56.0 Å². The first-order valence-electron chi connectivity index (χ1n) is 8.71. The lowest BCUT2D eigenvalue weighted by molar-refractivity contribution is -0.116. The zero-order chi connectivity index (χ0) is 20.4. The fraction of sp³-hybridized carbons (Fsp3) is 0.350. The molecule has 2 aromatic carbocycles. The summed E-state index contributed by atoms with van der Waals surface area (Å²) < 4.78 is 26.1. The number of hydrogen-bond acceptors (Lipinski definition) is 3. The van der Waals surface area contributed by atoms with E-state index >= 15 is 0 Å². The number of aryl methyl sites for hydroxylation is 3. The van der Waals surface area contributed by atoms with Gasteiger partial charge in [0.25, 0.3) is 0 Å². The molecule has 146 valence electrons. The minimum absolute atomic E-state index is 0.396. The maximum Gasteiger partial charge on any atom is 0.248 e. The molecular weight excluding hydrogens is 384 g/mol. The summed E-state index contributed by atoms with van der Waals surface area (Å²) in [6.07, 6.45) is 1.84. The van der Waals surface area contributed by atoms with E-state index in [1.165, 1.54) is 0 Å². The van der Waals surface area contributed by atoms with Crippen molar-refractivity contribution in [1.29, 1.82) is 0 Å². The van der Waals surface area contributed by atoms with Gasteiger partial charge in [0.2, 0.25) is 15.9 Å². The maximum atomic E-state index is 12.9. The third-order valence-electron chi connectivity index (χ3n) is 4.49. The van der Waals surface area contributed by atoms with Crippen LogP contribution in [0.3, 0.4) is 0 Å². The molecule has 1 N–H and O–H groups in total. The molecule has 1 atom stereocenters. The Kier molecular flexibility index (Phi) is 6.54. The first-order chi connectivity index (χ1) is 12.6. The maximum absolute atomic E-state index is 12.9. The minimum atomic E-state index is -3.71. The third kappa shape index (κ3) is 4.82. The van der Waals surface area contributed by atoms with Gasteiger partial charge in [-0.3, -0.25) is 9.10 Å². The van der Waals surface area contributed by atoms with Gasteiger partial charge < -0.3 is 5.32 Å². The van der Waals surface area contributed by atoms with E-state index in [-0.39, 0.29) is 0 Å². The number of nitrogens with zero attached hydrogens (tertiary/aromatic N) is 1. The van der Waals surface area contributed by atoms with Gasteiger partial charge in [0.1, 0.15) is 6.04 Å². The molecule has 0 radical (unpaired) electrons. The molecule has 0 aliphatic heterocycles. The summed E-state index contributed by atoms with van der Waals surface area (Å²) in [7, 11) is -3.71. The van der Waals surface area contributed by atoms with Gasteiger partial charge in [0.15, 0.2) is 0 Å². The van der Waals surface area contributed by atoms with Gasteiger partial charge in [-0.15, -0.1) is 0 Å². The average molecular weight is 409 g/mol. The number of para-hydroxylation sites is 1. The predicted octanol–water partition coefficient (Wildman–Crippen LogP) is 4.31. The largest absolute Gasteiger partial charge is 0.324 e. The number of amides is 1. The number of carbonyl (C=O) groups is 1. The Bertz CT molecular complexity index is 958. The SMILES string of the molecule is CCc1cccc(C)c1NC(=O)[C@H](C)N(c1cc(Cl)ccc1C)S(C)(=O)=O. The van der Waals surface area contributed by atoms with E-state index in [0.29, 0.717) is 10.7 Å². The van der Waals surface area contributed by atoms with Gasteiger partial charge in [-0.2, -0.15) is 0 Å². The van der Waals surface area contributed by atoms with Crippen molar-refractivity contribution >= 4 is 38.9 Å². The Morgan fingerprint density at radius 1 is 1.19 bits per heavy atom. The molecular formula is C20H25ClN2O3S. The highest BCUT2D eigenvalue weighted by molar-refractivity contribution is 7.92. The predicted molar refractivity (Wildman–Crippen MR) is 112 cm³/mol. The average Bonchev–Trinajstić information content (AvgIpc) is 2.58. The molecule has 0 aliphatic carbocycles. The molecule has 0 saturated heterocycles. The topological polar surface area (TPSA) is 66.5 Å². The summed E-state index contributed by atoms with van der Waals surface area (Å²) in [5.41, 5.74) is 3.77. The number of rotatable bonds is 6. The third-order valence-corrected chi connectivity index (χ3v) is 5.95. The molecule has 0 bridgehead atoms. The molecule has 0 aliphatic rings. The standard InChI is InChI=1S/C20H25ClN2O3S/c1-6-16-9-7-8-14(3)19(16)22-20(24)15(4)23(27(5,25)26)18-12-17(21)11-10-13(18)2/h7-12,15H,6H2,1-5H3,(H,22,24)/t15-/m0/s1. The van der Waals surface area contributed by atoms with Crippen molar-refractivity contribution in [3.63, 3.8) is 0 Å². The number of benzene rings is 2. The van der Waals surface area contributed by atoms with Crippen molar-refractivity contribution in [1.82, 2.24) is 0 Å². The molecule has 0 spiro atoms. The summed E-state index contributed by atoms with van der Waals surface area (Å²) in [4.78, 5) is 12.9. The molecule has 7 heteroatoms. The lowest BCUT2D eigenvalue weighted by Gasteiger charge is -2.30. The van der Waals surface area contributed by atoms with Crippen LogP contribution in [0.4, 0.5) is 11.4 Å². The van der Waals surface area contributed by atoms with E-state index in [1.807, 2.05) is 32.0 Å². The Hall–Kier alpha value is -2.05. The monoisotopic (exact) mass is 408 g/mol. The second kappa shape index (κ2) is 8.31. The van der Waals surface area contributed by atoms with Crippen molar-refractivity contribution in [2.24, 2.45) is 0 Å². The van der Waals surface area contributed by atoms with Crippen LogP contribution in [0.1, 0.15) is 30.5 Å². The van der Waals surface area contributed by atoms with Crippen molar-refractivity contribution in [2.75, 3.05) is 15.9 Å². The number of sulfonamides is 1. The zero-order valence-electron chi connectivity index (χ0n) is 16.2. The van der Waals surface area contributed by atoms with E-state index < -0.39 is 22.0 Å². The van der Waals surface area contributed by atoms with Crippen LogP contribution in [0.5, 0.6) is 0 Å². The summed E-state index contributed by atoms with van der Waals surface area (Å²) in [6.45, 7) is 7.27. The van der Waals surface area contributed by atoms with Crippen LogP contribution in [0, 0.1) is 13.8 Å². The van der Waals surface area contributed by atoms with E-state index in [2.05, 4.69) is 5.32 Å². The smallest absolute Gasteiger partial charge is 0.248 e. The number of anilines is 2. The number of hydrogen-bond donors (Lipinski definition) is 1. The van der Waals surface area contributed by atoms with Crippen LogP contribution in [0.25, 0.3) is 0 Å². The molecule has 5 nitrogen and oxygen atoms in total.